The second kappa shape index (κ2) is 12.6. The number of hydrogen-bond donors (Lipinski definition) is 1. The standard InChI is InChI=1S/C25H33Cl2N3O4S/c1-6-17(3)28-25(32)18(4)29(15-21-22(26)9-8-10-23(21)27)24(31)16-30(35(5,33)34)20-13-11-19(7-2)12-14-20/h8-14,17-18H,6-7,15-16H2,1-5H3,(H,28,32)/t17-,18+/m1/s1. The molecule has 0 aromatic heterocycles. The van der Waals surface area contributed by atoms with Crippen molar-refractivity contribution >= 4 is 50.7 Å². The zero-order valence-electron chi connectivity index (χ0n) is 20.7. The highest BCUT2D eigenvalue weighted by atomic mass is 35.5. The molecule has 0 heterocycles. The first-order chi connectivity index (χ1) is 16.4. The summed E-state index contributed by atoms with van der Waals surface area (Å²) in [5, 5.41) is 3.57. The van der Waals surface area contributed by atoms with Crippen molar-refractivity contribution in [1.82, 2.24) is 10.2 Å². The lowest BCUT2D eigenvalue weighted by Crippen LogP contribution is -2.52. The van der Waals surface area contributed by atoms with E-state index in [1.54, 1.807) is 37.3 Å². The van der Waals surface area contributed by atoms with Crippen LogP contribution in [-0.4, -0.2) is 50.0 Å². The average molecular weight is 543 g/mol. The van der Waals surface area contributed by atoms with Gasteiger partial charge in [0.25, 0.3) is 0 Å². The predicted molar refractivity (Wildman–Crippen MR) is 142 cm³/mol. The van der Waals surface area contributed by atoms with Gasteiger partial charge in [-0.05, 0) is 56.5 Å². The molecule has 0 bridgehead atoms. The van der Waals surface area contributed by atoms with Gasteiger partial charge in [-0.25, -0.2) is 8.42 Å². The zero-order chi connectivity index (χ0) is 26.3. The van der Waals surface area contributed by atoms with Crippen molar-refractivity contribution in [3.8, 4) is 0 Å². The molecule has 2 amide bonds. The number of nitrogens with zero attached hydrogens (tertiary/aromatic N) is 2. The first kappa shape index (κ1) is 28.9. The lowest BCUT2D eigenvalue weighted by Gasteiger charge is -2.32. The molecular weight excluding hydrogens is 509 g/mol. The van der Waals surface area contributed by atoms with Crippen LogP contribution in [0.5, 0.6) is 0 Å². The number of carbonyl (C=O) groups excluding carboxylic acids is 2. The fourth-order valence-corrected chi connectivity index (χ4v) is 4.78. The quantitative estimate of drug-likeness (QED) is 0.448. The molecule has 0 aliphatic heterocycles. The molecule has 0 radical (unpaired) electrons. The van der Waals surface area contributed by atoms with Gasteiger partial charge in [-0.15, -0.1) is 0 Å². The molecule has 0 aliphatic carbocycles. The summed E-state index contributed by atoms with van der Waals surface area (Å²) in [4.78, 5) is 27.8. The number of rotatable bonds is 11. The highest BCUT2D eigenvalue weighted by molar-refractivity contribution is 7.92. The summed E-state index contributed by atoms with van der Waals surface area (Å²) in [6.07, 6.45) is 2.56. The number of anilines is 1. The number of carbonyl (C=O) groups is 2. The van der Waals surface area contributed by atoms with Crippen molar-refractivity contribution < 1.29 is 18.0 Å². The van der Waals surface area contributed by atoms with E-state index in [9.17, 15) is 18.0 Å². The Balaban J connectivity index is 2.43. The molecule has 2 aromatic carbocycles. The predicted octanol–water partition coefficient (Wildman–Crippen LogP) is 4.65. The van der Waals surface area contributed by atoms with Crippen LogP contribution in [0.1, 0.15) is 45.2 Å². The summed E-state index contributed by atoms with van der Waals surface area (Å²) in [5.41, 5.74) is 1.88. The first-order valence-corrected chi connectivity index (χ1v) is 14.1. The maximum atomic E-state index is 13.6. The van der Waals surface area contributed by atoms with E-state index in [4.69, 9.17) is 23.2 Å². The van der Waals surface area contributed by atoms with Crippen LogP contribution in [-0.2, 0) is 32.6 Å². The minimum atomic E-state index is -3.79. The van der Waals surface area contributed by atoms with E-state index in [1.807, 2.05) is 32.9 Å². The van der Waals surface area contributed by atoms with E-state index in [-0.39, 0.29) is 18.5 Å². The maximum Gasteiger partial charge on any atom is 0.244 e. The van der Waals surface area contributed by atoms with Crippen molar-refractivity contribution in [3.05, 3.63) is 63.6 Å². The van der Waals surface area contributed by atoms with E-state index < -0.39 is 28.5 Å². The third-order valence-corrected chi connectivity index (χ3v) is 7.72. The molecule has 10 heteroatoms. The van der Waals surface area contributed by atoms with E-state index in [0.717, 1.165) is 29.0 Å². The Hall–Kier alpha value is -2.29. The number of aryl methyl sites for hydroxylation is 1. The molecule has 0 saturated heterocycles. The van der Waals surface area contributed by atoms with Gasteiger partial charge < -0.3 is 10.2 Å². The Morgan fingerprint density at radius 3 is 2.06 bits per heavy atom. The maximum absolute atomic E-state index is 13.6. The van der Waals surface area contributed by atoms with Crippen molar-refractivity contribution in [3.63, 3.8) is 0 Å². The molecule has 0 saturated carbocycles. The number of sulfonamides is 1. The van der Waals surface area contributed by atoms with Gasteiger partial charge in [0, 0.05) is 28.2 Å². The normalized spacial score (nSPS) is 13.1. The first-order valence-electron chi connectivity index (χ1n) is 11.5. The van der Waals surface area contributed by atoms with Crippen molar-refractivity contribution in [2.75, 3.05) is 17.1 Å². The molecule has 2 aromatic rings. The molecule has 0 spiro atoms. The Morgan fingerprint density at radius 1 is 1.00 bits per heavy atom. The minimum absolute atomic E-state index is 0.0567. The number of nitrogens with one attached hydrogen (secondary N) is 1. The van der Waals surface area contributed by atoms with Crippen molar-refractivity contribution in [2.24, 2.45) is 0 Å². The van der Waals surface area contributed by atoms with Gasteiger partial charge >= 0.3 is 0 Å². The summed E-state index contributed by atoms with van der Waals surface area (Å²) in [5.74, 6) is -0.910. The molecule has 35 heavy (non-hydrogen) atoms. The molecule has 0 fully saturated rings. The Kier molecular flexibility index (Phi) is 10.4. The summed E-state index contributed by atoms with van der Waals surface area (Å²) >= 11 is 12.7. The lowest BCUT2D eigenvalue weighted by molar-refractivity contribution is -0.139. The number of amides is 2. The van der Waals surface area contributed by atoms with E-state index >= 15 is 0 Å². The van der Waals surface area contributed by atoms with E-state index in [2.05, 4.69) is 5.32 Å². The number of halogens is 2. The monoisotopic (exact) mass is 541 g/mol. The fraction of sp³-hybridized carbons (Fsp3) is 0.440. The van der Waals surface area contributed by atoms with Gasteiger partial charge in [-0.1, -0.05) is 55.2 Å². The smallest absolute Gasteiger partial charge is 0.244 e. The van der Waals surface area contributed by atoms with Gasteiger partial charge in [-0.2, -0.15) is 0 Å². The van der Waals surface area contributed by atoms with Crippen LogP contribution in [0, 0.1) is 0 Å². The second-order valence-electron chi connectivity index (χ2n) is 8.51. The largest absolute Gasteiger partial charge is 0.352 e. The highest BCUT2D eigenvalue weighted by Crippen LogP contribution is 2.27. The van der Waals surface area contributed by atoms with Crippen LogP contribution in [0.3, 0.4) is 0 Å². The summed E-state index contributed by atoms with van der Waals surface area (Å²) < 4.78 is 26.3. The molecule has 2 atom stereocenters. The average Bonchev–Trinajstić information content (AvgIpc) is 2.81. The molecule has 0 unspecified atom stereocenters. The molecular formula is C25H33Cl2N3O4S. The Labute approximate surface area is 218 Å². The molecule has 192 valence electrons. The van der Waals surface area contributed by atoms with Crippen LogP contribution >= 0.6 is 23.2 Å². The van der Waals surface area contributed by atoms with Gasteiger partial charge in [0.1, 0.15) is 12.6 Å². The van der Waals surface area contributed by atoms with Gasteiger partial charge in [0.2, 0.25) is 21.8 Å². The van der Waals surface area contributed by atoms with Crippen molar-refractivity contribution in [2.45, 2.75) is 59.2 Å². The van der Waals surface area contributed by atoms with Crippen molar-refractivity contribution in [1.29, 1.82) is 0 Å². The van der Waals surface area contributed by atoms with E-state index in [1.165, 1.54) is 4.90 Å². The van der Waals surface area contributed by atoms with Gasteiger partial charge in [0.15, 0.2) is 0 Å². The molecule has 0 aliphatic rings. The summed E-state index contributed by atoms with van der Waals surface area (Å²) in [6, 6.07) is 11.0. The van der Waals surface area contributed by atoms with Crippen LogP contribution in [0.4, 0.5) is 5.69 Å². The van der Waals surface area contributed by atoms with Crippen LogP contribution in [0.25, 0.3) is 0 Å². The van der Waals surface area contributed by atoms with E-state index in [0.29, 0.717) is 21.3 Å². The third kappa shape index (κ3) is 7.85. The fourth-order valence-electron chi connectivity index (χ4n) is 3.41. The van der Waals surface area contributed by atoms with Gasteiger partial charge in [-0.3, -0.25) is 13.9 Å². The van der Waals surface area contributed by atoms with Crippen LogP contribution < -0.4 is 9.62 Å². The summed E-state index contributed by atoms with van der Waals surface area (Å²) in [7, 11) is -3.79. The SMILES string of the molecule is CCc1ccc(N(CC(=O)N(Cc2c(Cl)cccc2Cl)[C@@H](C)C(=O)N[C@H](C)CC)S(C)(=O)=O)cc1. The number of hydrogen-bond acceptors (Lipinski definition) is 4. The zero-order valence-corrected chi connectivity index (χ0v) is 23.0. The van der Waals surface area contributed by atoms with Gasteiger partial charge in [0.05, 0.1) is 11.9 Å². The Morgan fingerprint density at radius 2 is 1.57 bits per heavy atom. The summed E-state index contributed by atoms with van der Waals surface area (Å²) in [6.45, 7) is 6.87. The highest BCUT2D eigenvalue weighted by Gasteiger charge is 2.31. The van der Waals surface area contributed by atoms with Crippen LogP contribution in [0.15, 0.2) is 42.5 Å². The molecule has 1 N–H and O–H groups in total. The topological polar surface area (TPSA) is 86.8 Å². The van der Waals surface area contributed by atoms with Crippen LogP contribution in [0.2, 0.25) is 10.0 Å². The minimum Gasteiger partial charge on any atom is -0.352 e. The Bertz CT molecular complexity index is 1120. The molecule has 7 nitrogen and oxygen atoms in total. The third-order valence-electron chi connectivity index (χ3n) is 5.87. The lowest BCUT2D eigenvalue weighted by atomic mass is 10.1. The molecule has 2 rings (SSSR count). The number of benzene rings is 2. The second-order valence-corrected chi connectivity index (χ2v) is 11.2.